The van der Waals surface area contributed by atoms with Crippen molar-refractivity contribution in [3.05, 3.63) is 71.4 Å². The van der Waals surface area contributed by atoms with Crippen LogP contribution in [0.3, 0.4) is 0 Å². The van der Waals surface area contributed by atoms with Gasteiger partial charge in [0.15, 0.2) is 11.5 Å². The lowest BCUT2D eigenvalue weighted by Gasteiger charge is -2.17. The maximum Gasteiger partial charge on any atom is 0.274 e. The Labute approximate surface area is 139 Å². The fourth-order valence-electron chi connectivity index (χ4n) is 2.85. The molecule has 1 amide bonds. The van der Waals surface area contributed by atoms with Crippen LogP contribution in [0.1, 0.15) is 34.6 Å². The monoisotopic (exact) mass is 320 g/mol. The minimum atomic E-state index is -0.265. The summed E-state index contributed by atoms with van der Waals surface area (Å²) < 4.78 is 11.1. The molecule has 3 aromatic rings. The van der Waals surface area contributed by atoms with Crippen LogP contribution in [0.15, 0.2) is 59.1 Å². The third-order valence-corrected chi connectivity index (χ3v) is 4.15. The van der Waals surface area contributed by atoms with E-state index < -0.39 is 0 Å². The van der Waals surface area contributed by atoms with Crippen LogP contribution in [0.2, 0.25) is 0 Å². The first-order chi connectivity index (χ1) is 11.7. The van der Waals surface area contributed by atoms with E-state index in [1.165, 1.54) is 0 Å². The van der Waals surface area contributed by atoms with Gasteiger partial charge in [0.25, 0.3) is 5.91 Å². The molecular formula is C19H16N2O3. The molecule has 0 radical (unpaired) electrons. The SMILES string of the molecule is C[C@H](NC(=O)c1noc2c1COc1ccccc1-2)c1ccccc1. The van der Waals surface area contributed by atoms with Crippen LogP contribution < -0.4 is 10.1 Å². The van der Waals surface area contributed by atoms with Gasteiger partial charge in [-0.1, -0.05) is 47.6 Å². The number of rotatable bonds is 3. The molecule has 0 fully saturated rings. The third kappa shape index (κ3) is 2.44. The van der Waals surface area contributed by atoms with Gasteiger partial charge in [-0.15, -0.1) is 0 Å². The van der Waals surface area contributed by atoms with E-state index in [-0.39, 0.29) is 24.2 Å². The summed E-state index contributed by atoms with van der Waals surface area (Å²) in [4.78, 5) is 12.6. The van der Waals surface area contributed by atoms with Crippen molar-refractivity contribution in [2.45, 2.75) is 19.6 Å². The Balaban J connectivity index is 1.60. The van der Waals surface area contributed by atoms with Crippen LogP contribution in [0.4, 0.5) is 0 Å². The molecule has 5 nitrogen and oxygen atoms in total. The molecule has 5 heteroatoms. The van der Waals surface area contributed by atoms with Gasteiger partial charge in [-0.05, 0) is 24.6 Å². The number of nitrogens with zero attached hydrogens (tertiary/aromatic N) is 1. The molecule has 24 heavy (non-hydrogen) atoms. The molecule has 0 aliphatic carbocycles. The third-order valence-electron chi connectivity index (χ3n) is 4.15. The fourth-order valence-corrected chi connectivity index (χ4v) is 2.85. The Morgan fingerprint density at radius 3 is 2.71 bits per heavy atom. The second-order valence-electron chi connectivity index (χ2n) is 5.73. The number of ether oxygens (including phenoxy) is 1. The van der Waals surface area contributed by atoms with Gasteiger partial charge < -0.3 is 14.6 Å². The Hall–Kier alpha value is -3.08. The van der Waals surface area contributed by atoms with E-state index in [9.17, 15) is 4.79 Å². The van der Waals surface area contributed by atoms with E-state index >= 15 is 0 Å². The highest BCUT2D eigenvalue weighted by Crippen LogP contribution is 2.38. The Morgan fingerprint density at radius 2 is 1.88 bits per heavy atom. The zero-order chi connectivity index (χ0) is 16.5. The molecule has 1 atom stereocenters. The van der Waals surface area contributed by atoms with E-state index in [0.29, 0.717) is 11.3 Å². The lowest BCUT2D eigenvalue weighted by molar-refractivity contribution is 0.0928. The lowest BCUT2D eigenvalue weighted by atomic mass is 10.0. The molecule has 2 heterocycles. The summed E-state index contributed by atoms with van der Waals surface area (Å²) in [6.45, 7) is 2.21. The fraction of sp³-hybridized carbons (Fsp3) is 0.158. The van der Waals surface area contributed by atoms with Crippen molar-refractivity contribution in [2.75, 3.05) is 0 Å². The van der Waals surface area contributed by atoms with Crippen molar-refractivity contribution in [1.82, 2.24) is 10.5 Å². The number of nitrogens with one attached hydrogen (secondary N) is 1. The number of para-hydroxylation sites is 1. The second kappa shape index (κ2) is 5.85. The van der Waals surface area contributed by atoms with Crippen molar-refractivity contribution in [2.24, 2.45) is 0 Å². The van der Waals surface area contributed by atoms with E-state index in [0.717, 1.165) is 16.9 Å². The zero-order valence-corrected chi connectivity index (χ0v) is 13.2. The topological polar surface area (TPSA) is 64.4 Å². The van der Waals surface area contributed by atoms with E-state index in [1.54, 1.807) is 0 Å². The molecule has 0 unspecified atom stereocenters. The molecule has 1 aliphatic heterocycles. The lowest BCUT2D eigenvalue weighted by Crippen LogP contribution is -2.28. The van der Waals surface area contributed by atoms with Crippen molar-refractivity contribution < 1.29 is 14.1 Å². The van der Waals surface area contributed by atoms with Crippen LogP contribution in [-0.4, -0.2) is 11.1 Å². The highest BCUT2D eigenvalue weighted by molar-refractivity contribution is 5.95. The van der Waals surface area contributed by atoms with Crippen molar-refractivity contribution in [3.8, 4) is 17.1 Å². The smallest absolute Gasteiger partial charge is 0.274 e. The summed E-state index contributed by atoms with van der Waals surface area (Å²) in [6.07, 6.45) is 0. The van der Waals surface area contributed by atoms with E-state index in [2.05, 4.69) is 10.5 Å². The molecule has 4 rings (SSSR count). The maximum atomic E-state index is 12.6. The molecule has 120 valence electrons. The first kappa shape index (κ1) is 14.5. The minimum Gasteiger partial charge on any atom is -0.488 e. The van der Waals surface area contributed by atoms with E-state index in [4.69, 9.17) is 9.26 Å². The quantitative estimate of drug-likeness (QED) is 0.799. The highest BCUT2D eigenvalue weighted by atomic mass is 16.5. The van der Waals surface area contributed by atoms with Crippen molar-refractivity contribution in [1.29, 1.82) is 0 Å². The summed E-state index contributed by atoms with van der Waals surface area (Å²) in [5, 5.41) is 6.93. The Bertz CT molecular complexity index is 887. The summed E-state index contributed by atoms with van der Waals surface area (Å²) in [6, 6.07) is 17.2. The average Bonchev–Trinajstić information content (AvgIpc) is 3.07. The van der Waals surface area contributed by atoms with Gasteiger partial charge in [-0.2, -0.15) is 0 Å². The predicted octanol–water partition coefficient (Wildman–Crippen LogP) is 3.73. The molecule has 0 spiro atoms. The first-order valence-electron chi connectivity index (χ1n) is 7.80. The van der Waals surface area contributed by atoms with Gasteiger partial charge in [0.2, 0.25) is 0 Å². The van der Waals surface area contributed by atoms with Crippen LogP contribution in [0.25, 0.3) is 11.3 Å². The largest absolute Gasteiger partial charge is 0.488 e. The number of benzene rings is 2. The number of hydrogen-bond acceptors (Lipinski definition) is 4. The summed E-state index contributed by atoms with van der Waals surface area (Å²) in [5.74, 6) is 1.08. The number of amides is 1. The van der Waals surface area contributed by atoms with E-state index in [1.807, 2.05) is 61.5 Å². The van der Waals surface area contributed by atoms with Crippen molar-refractivity contribution in [3.63, 3.8) is 0 Å². The molecular weight excluding hydrogens is 304 g/mol. The van der Waals surface area contributed by atoms with Gasteiger partial charge in [-0.3, -0.25) is 4.79 Å². The van der Waals surface area contributed by atoms with Crippen LogP contribution in [0.5, 0.6) is 5.75 Å². The predicted molar refractivity (Wildman–Crippen MR) is 88.6 cm³/mol. The van der Waals surface area contributed by atoms with Crippen LogP contribution in [0, 0.1) is 0 Å². The van der Waals surface area contributed by atoms with Gasteiger partial charge in [0.05, 0.1) is 17.2 Å². The maximum absolute atomic E-state index is 12.6. The van der Waals surface area contributed by atoms with Gasteiger partial charge >= 0.3 is 0 Å². The molecule has 0 saturated heterocycles. The number of hydrogen-bond donors (Lipinski definition) is 1. The number of carbonyl (C=O) groups is 1. The van der Waals surface area contributed by atoms with Crippen LogP contribution >= 0.6 is 0 Å². The van der Waals surface area contributed by atoms with Gasteiger partial charge in [0.1, 0.15) is 12.4 Å². The minimum absolute atomic E-state index is 0.122. The highest BCUT2D eigenvalue weighted by Gasteiger charge is 2.29. The zero-order valence-electron chi connectivity index (χ0n) is 13.2. The van der Waals surface area contributed by atoms with Crippen LogP contribution in [-0.2, 0) is 6.61 Å². The second-order valence-corrected chi connectivity index (χ2v) is 5.73. The summed E-state index contributed by atoms with van der Waals surface area (Å²) >= 11 is 0. The van der Waals surface area contributed by atoms with Gasteiger partial charge in [0, 0.05) is 0 Å². The Morgan fingerprint density at radius 1 is 1.12 bits per heavy atom. The molecule has 0 saturated carbocycles. The number of fused-ring (bicyclic) bond motifs is 3. The first-order valence-corrected chi connectivity index (χ1v) is 7.80. The van der Waals surface area contributed by atoms with Crippen molar-refractivity contribution >= 4 is 5.91 Å². The molecule has 1 aromatic heterocycles. The normalized spacial score (nSPS) is 13.4. The average molecular weight is 320 g/mol. The van der Waals surface area contributed by atoms with Gasteiger partial charge in [-0.25, -0.2) is 0 Å². The molecule has 1 N–H and O–H groups in total. The molecule has 1 aliphatic rings. The molecule has 0 bridgehead atoms. The summed E-state index contributed by atoms with van der Waals surface area (Å²) in [5.41, 5.74) is 2.82. The number of aromatic nitrogens is 1. The summed E-state index contributed by atoms with van der Waals surface area (Å²) in [7, 11) is 0. The Kier molecular flexibility index (Phi) is 3.54. The number of carbonyl (C=O) groups excluding carboxylic acids is 1. The standard InChI is InChI=1S/C19H16N2O3/c1-12(13-7-3-2-4-8-13)20-19(22)17-15-11-23-16-10-6-5-9-14(16)18(15)24-21-17/h2-10,12H,11H2,1H3,(H,20,22)/t12-/m0/s1. The molecule has 2 aromatic carbocycles.